The van der Waals surface area contributed by atoms with Gasteiger partial charge in [-0.1, -0.05) is 31.0 Å². The zero-order valence-corrected chi connectivity index (χ0v) is 13.3. The number of carbonyl (C=O) groups is 2. The van der Waals surface area contributed by atoms with Gasteiger partial charge in [-0.3, -0.25) is 9.59 Å². The molecule has 1 aliphatic carbocycles. The first-order valence-corrected chi connectivity index (χ1v) is 8.30. The molecule has 118 valence electrons. The van der Waals surface area contributed by atoms with Gasteiger partial charge in [-0.05, 0) is 31.4 Å². The smallest absolute Gasteiger partial charge is 0.254 e. The van der Waals surface area contributed by atoms with Gasteiger partial charge in [0.25, 0.3) is 5.91 Å². The topological polar surface area (TPSA) is 40.6 Å². The third-order valence-corrected chi connectivity index (χ3v) is 4.96. The molecule has 1 saturated heterocycles. The fourth-order valence-electron chi connectivity index (χ4n) is 3.54. The number of aryl methyl sites for hydroxylation is 1. The van der Waals surface area contributed by atoms with E-state index in [0.717, 1.165) is 24.0 Å². The molecule has 1 aromatic rings. The minimum Gasteiger partial charge on any atom is -0.339 e. The standard InChI is InChI=1S/C18H24N2O2/c1-14-6-2-5-9-16(14)18(22)20-12-10-19(11-13-20)17(21)15-7-3-4-8-15/h2,5-6,9,15H,3-4,7-8,10-13H2,1H3. The van der Waals surface area contributed by atoms with Crippen molar-refractivity contribution in [2.75, 3.05) is 26.2 Å². The highest BCUT2D eigenvalue weighted by molar-refractivity contribution is 5.95. The number of hydrogen-bond acceptors (Lipinski definition) is 2. The predicted octanol–water partition coefficient (Wildman–Crippen LogP) is 2.47. The molecule has 3 rings (SSSR count). The van der Waals surface area contributed by atoms with Crippen LogP contribution in [-0.2, 0) is 4.79 Å². The predicted molar refractivity (Wildman–Crippen MR) is 85.6 cm³/mol. The van der Waals surface area contributed by atoms with Crippen LogP contribution in [0.2, 0.25) is 0 Å². The van der Waals surface area contributed by atoms with Gasteiger partial charge in [-0.2, -0.15) is 0 Å². The van der Waals surface area contributed by atoms with Crippen molar-refractivity contribution in [1.82, 2.24) is 9.80 Å². The van der Waals surface area contributed by atoms with Gasteiger partial charge < -0.3 is 9.80 Å². The number of hydrogen-bond donors (Lipinski definition) is 0. The summed E-state index contributed by atoms with van der Waals surface area (Å²) in [4.78, 5) is 28.8. The highest BCUT2D eigenvalue weighted by Gasteiger charge is 2.30. The maximum absolute atomic E-state index is 12.6. The SMILES string of the molecule is Cc1ccccc1C(=O)N1CCN(C(=O)C2CCCC2)CC1. The molecule has 0 N–H and O–H groups in total. The van der Waals surface area contributed by atoms with Gasteiger partial charge in [-0.25, -0.2) is 0 Å². The quantitative estimate of drug-likeness (QED) is 0.842. The van der Waals surface area contributed by atoms with Crippen LogP contribution in [0.4, 0.5) is 0 Å². The van der Waals surface area contributed by atoms with E-state index in [0.29, 0.717) is 32.1 Å². The fraction of sp³-hybridized carbons (Fsp3) is 0.556. The molecule has 0 atom stereocenters. The van der Waals surface area contributed by atoms with Gasteiger partial charge >= 0.3 is 0 Å². The molecule has 4 heteroatoms. The minimum atomic E-state index is 0.0889. The molecular formula is C18H24N2O2. The van der Waals surface area contributed by atoms with Crippen LogP contribution >= 0.6 is 0 Å². The summed E-state index contributed by atoms with van der Waals surface area (Å²) in [6.07, 6.45) is 4.45. The van der Waals surface area contributed by atoms with Crippen LogP contribution in [0.1, 0.15) is 41.6 Å². The fourth-order valence-corrected chi connectivity index (χ4v) is 3.54. The lowest BCUT2D eigenvalue weighted by molar-refractivity contribution is -0.136. The lowest BCUT2D eigenvalue weighted by Crippen LogP contribution is -2.51. The van der Waals surface area contributed by atoms with Crippen LogP contribution in [0.5, 0.6) is 0 Å². The largest absolute Gasteiger partial charge is 0.339 e. The monoisotopic (exact) mass is 300 g/mol. The Hall–Kier alpha value is -1.84. The van der Waals surface area contributed by atoms with Gasteiger partial charge in [0.15, 0.2) is 0 Å². The van der Waals surface area contributed by atoms with Gasteiger partial charge in [-0.15, -0.1) is 0 Å². The first-order valence-electron chi connectivity index (χ1n) is 8.30. The molecule has 0 bridgehead atoms. The zero-order valence-electron chi connectivity index (χ0n) is 13.3. The van der Waals surface area contributed by atoms with Crippen molar-refractivity contribution in [3.8, 4) is 0 Å². The second kappa shape index (κ2) is 6.51. The van der Waals surface area contributed by atoms with E-state index in [4.69, 9.17) is 0 Å². The molecule has 2 amide bonds. The summed E-state index contributed by atoms with van der Waals surface area (Å²) in [5.41, 5.74) is 1.79. The highest BCUT2D eigenvalue weighted by atomic mass is 16.2. The van der Waals surface area contributed by atoms with E-state index < -0.39 is 0 Å². The van der Waals surface area contributed by atoms with Crippen molar-refractivity contribution in [2.45, 2.75) is 32.6 Å². The van der Waals surface area contributed by atoms with Crippen molar-refractivity contribution in [1.29, 1.82) is 0 Å². The number of amides is 2. The van der Waals surface area contributed by atoms with E-state index in [1.807, 2.05) is 41.0 Å². The van der Waals surface area contributed by atoms with E-state index in [9.17, 15) is 9.59 Å². The second-order valence-electron chi connectivity index (χ2n) is 6.41. The summed E-state index contributed by atoms with van der Waals surface area (Å²) in [6, 6.07) is 7.70. The lowest BCUT2D eigenvalue weighted by atomic mass is 10.1. The average Bonchev–Trinajstić information content (AvgIpc) is 3.09. The van der Waals surface area contributed by atoms with Crippen molar-refractivity contribution in [3.05, 3.63) is 35.4 Å². The Labute approximate surface area is 132 Å². The van der Waals surface area contributed by atoms with Gasteiger partial charge in [0.1, 0.15) is 0 Å². The van der Waals surface area contributed by atoms with Crippen molar-refractivity contribution in [3.63, 3.8) is 0 Å². The Morgan fingerprint density at radius 3 is 2.18 bits per heavy atom. The molecular weight excluding hydrogens is 276 g/mol. The molecule has 2 fully saturated rings. The maximum atomic E-state index is 12.6. The molecule has 22 heavy (non-hydrogen) atoms. The molecule has 0 spiro atoms. The van der Waals surface area contributed by atoms with Crippen LogP contribution < -0.4 is 0 Å². The number of rotatable bonds is 2. The Bertz CT molecular complexity index is 556. The molecule has 1 aliphatic heterocycles. The van der Waals surface area contributed by atoms with E-state index >= 15 is 0 Å². The Morgan fingerprint density at radius 2 is 1.55 bits per heavy atom. The van der Waals surface area contributed by atoms with Crippen LogP contribution in [-0.4, -0.2) is 47.8 Å². The summed E-state index contributed by atoms with van der Waals surface area (Å²) in [7, 11) is 0. The Morgan fingerprint density at radius 1 is 0.955 bits per heavy atom. The third kappa shape index (κ3) is 3.01. The van der Waals surface area contributed by atoms with E-state index in [2.05, 4.69) is 0 Å². The third-order valence-electron chi connectivity index (χ3n) is 4.96. The molecule has 0 radical (unpaired) electrons. The van der Waals surface area contributed by atoms with E-state index in [1.54, 1.807) is 0 Å². The second-order valence-corrected chi connectivity index (χ2v) is 6.41. The highest BCUT2D eigenvalue weighted by Crippen LogP contribution is 2.27. The summed E-state index contributed by atoms with van der Waals surface area (Å²) in [5, 5.41) is 0. The van der Waals surface area contributed by atoms with E-state index in [-0.39, 0.29) is 11.8 Å². The molecule has 4 nitrogen and oxygen atoms in total. The Balaban J connectivity index is 1.58. The minimum absolute atomic E-state index is 0.0889. The molecule has 0 unspecified atom stereocenters. The van der Waals surface area contributed by atoms with Gasteiger partial charge in [0.2, 0.25) is 5.91 Å². The normalized spacial score (nSPS) is 19.5. The summed E-state index contributed by atoms with van der Waals surface area (Å²) in [5.74, 6) is 0.630. The number of benzene rings is 1. The number of nitrogens with zero attached hydrogens (tertiary/aromatic N) is 2. The summed E-state index contributed by atoms with van der Waals surface area (Å²) < 4.78 is 0. The van der Waals surface area contributed by atoms with Crippen molar-refractivity contribution < 1.29 is 9.59 Å². The van der Waals surface area contributed by atoms with Crippen molar-refractivity contribution >= 4 is 11.8 Å². The Kier molecular flexibility index (Phi) is 4.46. The molecule has 0 aromatic heterocycles. The average molecular weight is 300 g/mol. The summed E-state index contributed by atoms with van der Waals surface area (Å²) >= 11 is 0. The van der Waals surface area contributed by atoms with Crippen LogP contribution in [0.15, 0.2) is 24.3 Å². The number of carbonyl (C=O) groups excluding carboxylic acids is 2. The van der Waals surface area contributed by atoms with Crippen LogP contribution in [0, 0.1) is 12.8 Å². The number of piperazine rings is 1. The maximum Gasteiger partial charge on any atom is 0.254 e. The van der Waals surface area contributed by atoms with Gasteiger partial charge in [0, 0.05) is 37.7 Å². The van der Waals surface area contributed by atoms with Crippen molar-refractivity contribution in [2.24, 2.45) is 5.92 Å². The molecule has 2 aliphatic rings. The van der Waals surface area contributed by atoms with Gasteiger partial charge in [0.05, 0.1) is 0 Å². The first kappa shape index (κ1) is 15.1. The van der Waals surface area contributed by atoms with Crippen LogP contribution in [0.25, 0.3) is 0 Å². The molecule has 1 saturated carbocycles. The first-order chi connectivity index (χ1) is 10.7. The zero-order chi connectivity index (χ0) is 15.5. The van der Waals surface area contributed by atoms with E-state index in [1.165, 1.54) is 12.8 Å². The molecule has 1 aromatic carbocycles. The summed E-state index contributed by atoms with van der Waals surface area (Å²) in [6.45, 7) is 4.60. The van der Waals surface area contributed by atoms with Crippen LogP contribution in [0.3, 0.4) is 0 Å². The molecule has 1 heterocycles. The lowest BCUT2D eigenvalue weighted by Gasteiger charge is -2.36.